The predicted molar refractivity (Wildman–Crippen MR) is 152 cm³/mol. The molecular weight excluding hydrogens is 470 g/mol. The molecule has 0 saturated heterocycles. The van der Waals surface area contributed by atoms with Gasteiger partial charge in [0.2, 0.25) is 5.91 Å². The van der Waals surface area contributed by atoms with Gasteiger partial charge in [-0.05, 0) is 73.7 Å². The monoisotopic (exact) mass is 503 g/mol. The summed E-state index contributed by atoms with van der Waals surface area (Å²) in [5.74, 6) is 0.214. The Morgan fingerprint density at radius 1 is 1.08 bits per heavy atom. The Bertz CT molecular complexity index is 1460. The van der Waals surface area contributed by atoms with Crippen LogP contribution in [0.1, 0.15) is 68.7 Å². The van der Waals surface area contributed by atoms with Crippen LogP contribution in [0.4, 0.5) is 0 Å². The molecule has 1 N–H and O–H groups in total. The first kappa shape index (κ1) is 25.5. The molecule has 0 fully saturated rings. The molecule has 0 aliphatic carbocycles. The van der Waals surface area contributed by atoms with Crippen molar-refractivity contribution < 1.29 is 9.53 Å². The number of carbonyl (C=O) groups is 1. The Hall–Kier alpha value is -4.17. The molecule has 0 aromatic heterocycles. The zero-order valence-corrected chi connectivity index (χ0v) is 22.4. The van der Waals surface area contributed by atoms with Crippen molar-refractivity contribution in [2.24, 2.45) is 10.9 Å². The van der Waals surface area contributed by atoms with Crippen molar-refractivity contribution in [3.63, 3.8) is 0 Å². The number of fused-ring (bicyclic) bond motifs is 1. The Morgan fingerprint density at radius 2 is 1.82 bits per heavy atom. The van der Waals surface area contributed by atoms with Crippen LogP contribution in [0, 0.1) is 17.2 Å². The molecule has 5 heteroatoms. The third kappa shape index (κ3) is 4.99. The van der Waals surface area contributed by atoms with Crippen molar-refractivity contribution in [1.82, 2.24) is 5.32 Å². The van der Waals surface area contributed by atoms with Gasteiger partial charge in [0.1, 0.15) is 17.5 Å². The first-order valence-corrected chi connectivity index (χ1v) is 13.3. The molecule has 0 bridgehead atoms. The number of aliphatic imine (C=N–C) groups is 1. The molecule has 1 amide bonds. The highest BCUT2D eigenvalue weighted by Crippen LogP contribution is 2.40. The minimum atomic E-state index is -0.411. The topological polar surface area (TPSA) is 74.5 Å². The third-order valence-electron chi connectivity index (χ3n) is 7.25. The SMILES string of the molecule is CCCC1=NC(C)NC(=O)C1[C@H](c1ccc(-c2ccccc2C#N)cc1)c1ccc2c(c1)C=CC(C)(C)O2. The van der Waals surface area contributed by atoms with Crippen LogP contribution >= 0.6 is 0 Å². The van der Waals surface area contributed by atoms with Gasteiger partial charge in [-0.2, -0.15) is 5.26 Å². The van der Waals surface area contributed by atoms with Crippen molar-refractivity contribution in [3.8, 4) is 22.9 Å². The summed E-state index contributed by atoms with van der Waals surface area (Å²) in [6, 6.07) is 24.4. The number of amides is 1. The zero-order valence-electron chi connectivity index (χ0n) is 22.4. The van der Waals surface area contributed by atoms with E-state index in [0.29, 0.717) is 5.56 Å². The fraction of sp³-hybridized carbons (Fsp3) is 0.303. The standard InChI is InChI=1S/C33H33N3O2/c1-5-8-28-31(32(37)36-21(2)35-28)30(25-15-16-29-24(19-25)17-18-33(3,4)38-29)23-13-11-22(12-14-23)27-10-7-6-9-26(27)20-34/h6-7,9-19,21,30-31H,5,8H2,1-4H3,(H,36,37)/t21?,30-,31?/m1/s1. The lowest BCUT2D eigenvalue weighted by Crippen LogP contribution is -2.47. The van der Waals surface area contributed by atoms with Gasteiger partial charge >= 0.3 is 0 Å². The minimum absolute atomic E-state index is 0.00509. The van der Waals surface area contributed by atoms with Crippen LogP contribution in [-0.4, -0.2) is 23.4 Å². The van der Waals surface area contributed by atoms with Gasteiger partial charge in [0.25, 0.3) is 0 Å². The van der Waals surface area contributed by atoms with E-state index in [4.69, 9.17) is 9.73 Å². The number of hydrogen-bond donors (Lipinski definition) is 1. The molecule has 3 atom stereocenters. The van der Waals surface area contributed by atoms with E-state index in [1.807, 2.05) is 63.2 Å². The molecule has 3 aromatic rings. The van der Waals surface area contributed by atoms with Gasteiger partial charge < -0.3 is 10.1 Å². The molecule has 38 heavy (non-hydrogen) atoms. The molecule has 0 radical (unpaired) electrons. The van der Waals surface area contributed by atoms with Crippen LogP contribution in [0.15, 0.2) is 77.8 Å². The van der Waals surface area contributed by atoms with E-state index < -0.39 is 5.92 Å². The maximum atomic E-state index is 13.6. The summed E-state index contributed by atoms with van der Waals surface area (Å²) in [5.41, 5.74) is 6.17. The van der Waals surface area contributed by atoms with E-state index in [1.165, 1.54) is 0 Å². The summed E-state index contributed by atoms with van der Waals surface area (Å²) in [4.78, 5) is 18.4. The van der Waals surface area contributed by atoms with Gasteiger partial charge in [0.15, 0.2) is 0 Å². The molecule has 5 rings (SSSR count). The summed E-state index contributed by atoms with van der Waals surface area (Å²) in [7, 11) is 0. The van der Waals surface area contributed by atoms with Gasteiger partial charge in [-0.3, -0.25) is 9.79 Å². The normalized spacial score (nSPS) is 20.4. The predicted octanol–water partition coefficient (Wildman–Crippen LogP) is 6.87. The number of benzene rings is 3. The summed E-state index contributed by atoms with van der Waals surface area (Å²) >= 11 is 0. The van der Waals surface area contributed by atoms with E-state index in [9.17, 15) is 10.1 Å². The molecule has 5 nitrogen and oxygen atoms in total. The van der Waals surface area contributed by atoms with Crippen molar-refractivity contribution in [1.29, 1.82) is 5.26 Å². The number of nitrogens with zero attached hydrogens (tertiary/aromatic N) is 2. The average molecular weight is 504 g/mol. The third-order valence-corrected chi connectivity index (χ3v) is 7.25. The van der Waals surface area contributed by atoms with Crippen LogP contribution in [0.5, 0.6) is 5.75 Å². The maximum Gasteiger partial charge on any atom is 0.231 e. The first-order valence-electron chi connectivity index (χ1n) is 13.3. The van der Waals surface area contributed by atoms with E-state index in [2.05, 4.69) is 54.7 Å². The number of rotatable bonds is 6. The number of ether oxygens (including phenoxy) is 1. The first-order chi connectivity index (χ1) is 18.3. The van der Waals surface area contributed by atoms with Crippen LogP contribution in [0.2, 0.25) is 0 Å². The van der Waals surface area contributed by atoms with Crippen LogP contribution < -0.4 is 10.1 Å². The highest BCUT2D eigenvalue weighted by molar-refractivity contribution is 6.07. The highest BCUT2D eigenvalue weighted by Gasteiger charge is 2.38. The number of hydrogen-bond acceptors (Lipinski definition) is 4. The zero-order chi connectivity index (χ0) is 26.9. The summed E-state index contributed by atoms with van der Waals surface area (Å²) < 4.78 is 6.17. The lowest BCUT2D eigenvalue weighted by atomic mass is 9.75. The second-order valence-corrected chi connectivity index (χ2v) is 10.6. The summed E-state index contributed by atoms with van der Waals surface area (Å²) in [6.45, 7) is 8.12. The van der Waals surface area contributed by atoms with E-state index in [-0.39, 0.29) is 23.6 Å². The largest absolute Gasteiger partial charge is 0.483 e. The fourth-order valence-electron chi connectivity index (χ4n) is 5.50. The molecule has 192 valence electrons. The molecule has 0 saturated carbocycles. The number of carbonyl (C=O) groups excluding carboxylic acids is 1. The lowest BCUT2D eigenvalue weighted by molar-refractivity contribution is -0.124. The van der Waals surface area contributed by atoms with Gasteiger partial charge in [-0.25, -0.2) is 0 Å². The Balaban J connectivity index is 1.62. The highest BCUT2D eigenvalue weighted by atomic mass is 16.5. The molecule has 2 heterocycles. The van der Waals surface area contributed by atoms with Gasteiger partial charge in [-0.15, -0.1) is 0 Å². The Kier molecular flexibility index (Phi) is 6.91. The second-order valence-electron chi connectivity index (χ2n) is 10.6. The van der Waals surface area contributed by atoms with Crippen LogP contribution in [-0.2, 0) is 4.79 Å². The summed E-state index contributed by atoms with van der Waals surface area (Å²) in [6.07, 6.45) is 5.63. The second kappa shape index (κ2) is 10.3. The molecular formula is C33H33N3O2. The van der Waals surface area contributed by atoms with E-state index in [0.717, 1.165) is 52.1 Å². The van der Waals surface area contributed by atoms with Gasteiger partial charge in [-0.1, -0.05) is 68.0 Å². The molecule has 2 unspecified atom stereocenters. The van der Waals surface area contributed by atoms with Gasteiger partial charge in [0.05, 0.1) is 17.6 Å². The quantitative estimate of drug-likeness (QED) is 0.399. The van der Waals surface area contributed by atoms with Crippen molar-refractivity contribution in [3.05, 3.63) is 95.1 Å². The number of nitriles is 1. The summed E-state index contributed by atoms with van der Waals surface area (Å²) in [5, 5.41) is 12.6. The van der Waals surface area contributed by atoms with Gasteiger partial charge in [0, 0.05) is 17.2 Å². The lowest BCUT2D eigenvalue weighted by Gasteiger charge is -2.34. The van der Waals surface area contributed by atoms with Crippen molar-refractivity contribution in [2.75, 3.05) is 0 Å². The molecule has 2 aliphatic rings. The smallest absolute Gasteiger partial charge is 0.231 e. The van der Waals surface area contributed by atoms with Crippen LogP contribution in [0.25, 0.3) is 17.2 Å². The van der Waals surface area contributed by atoms with E-state index >= 15 is 0 Å². The minimum Gasteiger partial charge on any atom is -0.483 e. The Morgan fingerprint density at radius 3 is 2.55 bits per heavy atom. The Labute approximate surface area is 224 Å². The molecule has 3 aromatic carbocycles. The average Bonchev–Trinajstić information content (AvgIpc) is 2.90. The van der Waals surface area contributed by atoms with Crippen LogP contribution in [0.3, 0.4) is 0 Å². The number of nitrogens with one attached hydrogen (secondary N) is 1. The maximum absolute atomic E-state index is 13.6. The van der Waals surface area contributed by atoms with Crippen molar-refractivity contribution in [2.45, 2.75) is 58.2 Å². The van der Waals surface area contributed by atoms with E-state index in [1.54, 1.807) is 0 Å². The fourth-order valence-corrected chi connectivity index (χ4v) is 5.50. The molecule has 2 aliphatic heterocycles. The van der Waals surface area contributed by atoms with Crippen molar-refractivity contribution >= 4 is 17.7 Å². The molecule has 0 spiro atoms.